The van der Waals surface area contributed by atoms with E-state index in [-0.39, 0.29) is 6.10 Å². The number of ether oxygens (including phenoxy) is 1. The fourth-order valence-corrected chi connectivity index (χ4v) is 2.67. The van der Waals surface area contributed by atoms with Crippen LogP contribution in [0.3, 0.4) is 0 Å². The van der Waals surface area contributed by atoms with Gasteiger partial charge in [-0.15, -0.1) is 0 Å². The Hall–Kier alpha value is -0.600. The minimum absolute atomic E-state index is 0.252. The van der Waals surface area contributed by atoms with E-state index in [4.69, 9.17) is 4.74 Å². The van der Waals surface area contributed by atoms with E-state index in [1.165, 1.54) is 12.0 Å². The molecule has 0 aromatic carbocycles. The Morgan fingerprint density at radius 3 is 2.56 bits per heavy atom. The molecule has 0 heterocycles. The van der Waals surface area contributed by atoms with Crippen LogP contribution >= 0.6 is 0 Å². The molecule has 1 rings (SSSR count). The molecule has 104 valence electrons. The van der Waals surface area contributed by atoms with Crippen molar-refractivity contribution in [3.05, 3.63) is 23.8 Å². The molecular formula is C16H29NO. The highest BCUT2D eigenvalue weighted by molar-refractivity contribution is 5.26. The Labute approximate surface area is 113 Å². The Balaban J connectivity index is 2.51. The van der Waals surface area contributed by atoms with Crippen molar-refractivity contribution < 1.29 is 4.74 Å². The molecule has 0 saturated heterocycles. The molecule has 0 N–H and O–H groups in total. The van der Waals surface area contributed by atoms with Crippen molar-refractivity contribution in [1.29, 1.82) is 0 Å². The number of allylic oxidation sites excluding steroid dienone is 2. The van der Waals surface area contributed by atoms with E-state index in [0.29, 0.717) is 11.3 Å². The Kier molecular flexibility index (Phi) is 5.61. The normalized spacial score (nSPS) is 24.5. The lowest BCUT2D eigenvalue weighted by Gasteiger charge is -2.29. The molecule has 2 heteroatoms. The van der Waals surface area contributed by atoms with Gasteiger partial charge in [-0.2, -0.15) is 0 Å². The summed E-state index contributed by atoms with van der Waals surface area (Å²) in [5.74, 6) is 0.494. The van der Waals surface area contributed by atoms with Gasteiger partial charge in [0.05, 0.1) is 6.10 Å². The van der Waals surface area contributed by atoms with Crippen LogP contribution in [0.4, 0.5) is 0 Å². The SMILES string of the molecule is COC1C=C(CCC(C)(C)CN(C)C)C=CC1C. The first-order valence-electron chi connectivity index (χ1n) is 6.90. The second-order valence-corrected chi connectivity index (χ2v) is 6.56. The maximum absolute atomic E-state index is 5.49. The van der Waals surface area contributed by atoms with Crippen LogP contribution in [0, 0.1) is 11.3 Å². The van der Waals surface area contributed by atoms with Gasteiger partial charge < -0.3 is 9.64 Å². The molecule has 0 spiro atoms. The summed E-state index contributed by atoms with van der Waals surface area (Å²) in [6.07, 6.45) is 9.43. The lowest BCUT2D eigenvalue weighted by Crippen LogP contribution is -2.28. The predicted octanol–water partition coefficient (Wildman–Crippen LogP) is 3.50. The van der Waals surface area contributed by atoms with E-state index in [0.717, 1.165) is 13.0 Å². The number of hydrogen-bond donors (Lipinski definition) is 0. The molecule has 2 nitrogen and oxygen atoms in total. The smallest absolute Gasteiger partial charge is 0.0817 e. The predicted molar refractivity (Wildman–Crippen MR) is 78.8 cm³/mol. The molecule has 0 saturated carbocycles. The quantitative estimate of drug-likeness (QED) is 0.716. The molecule has 0 aliphatic heterocycles. The molecule has 2 unspecified atom stereocenters. The second-order valence-electron chi connectivity index (χ2n) is 6.56. The lowest BCUT2D eigenvalue weighted by atomic mass is 9.84. The first-order valence-corrected chi connectivity index (χ1v) is 6.90. The van der Waals surface area contributed by atoms with Crippen LogP contribution in [0.25, 0.3) is 0 Å². The fraction of sp³-hybridized carbons (Fsp3) is 0.750. The van der Waals surface area contributed by atoms with Crippen molar-refractivity contribution in [3.8, 4) is 0 Å². The molecular weight excluding hydrogens is 222 g/mol. The molecule has 0 aromatic heterocycles. The van der Waals surface area contributed by atoms with Crippen LogP contribution in [-0.2, 0) is 4.74 Å². The number of nitrogens with zero attached hydrogens (tertiary/aromatic N) is 1. The van der Waals surface area contributed by atoms with Crippen molar-refractivity contribution in [2.75, 3.05) is 27.7 Å². The number of rotatable bonds is 6. The summed E-state index contributed by atoms with van der Waals surface area (Å²) in [5, 5.41) is 0. The zero-order valence-corrected chi connectivity index (χ0v) is 12.9. The van der Waals surface area contributed by atoms with Gasteiger partial charge in [0.2, 0.25) is 0 Å². The van der Waals surface area contributed by atoms with Gasteiger partial charge in [-0.3, -0.25) is 0 Å². The van der Waals surface area contributed by atoms with E-state index in [1.807, 2.05) is 0 Å². The van der Waals surface area contributed by atoms with Gasteiger partial charge in [0.25, 0.3) is 0 Å². The molecule has 18 heavy (non-hydrogen) atoms. The molecule has 0 bridgehead atoms. The summed E-state index contributed by atoms with van der Waals surface area (Å²) < 4.78 is 5.49. The third-order valence-electron chi connectivity index (χ3n) is 3.62. The zero-order chi connectivity index (χ0) is 13.8. The number of hydrogen-bond acceptors (Lipinski definition) is 2. The third kappa shape index (κ3) is 4.95. The summed E-state index contributed by atoms with van der Waals surface area (Å²) in [6, 6.07) is 0. The van der Waals surface area contributed by atoms with Gasteiger partial charge >= 0.3 is 0 Å². The van der Waals surface area contributed by atoms with Crippen molar-refractivity contribution in [2.45, 2.75) is 39.7 Å². The summed E-state index contributed by atoms with van der Waals surface area (Å²) in [4.78, 5) is 2.27. The van der Waals surface area contributed by atoms with Crippen LogP contribution in [-0.4, -0.2) is 38.8 Å². The minimum Gasteiger partial charge on any atom is -0.377 e. The molecule has 0 fully saturated rings. The van der Waals surface area contributed by atoms with Crippen molar-refractivity contribution >= 4 is 0 Å². The van der Waals surface area contributed by atoms with Crippen LogP contribution < -0.4 is 0 Å². The van der Waals surface area contributed by atoms with Gasteiger partial charge in [-0.25, -0.2) is 0 Å². The maximum Gasteiger partial charge on any atom is 0.0817 e. The minimum atomic E-state index is 0.252. The maximum atomic E-state index is 5.49. The van der Waals surface area contributed by atoms with E-state index >= 15 is 0 Å². The molecule has 0 aromatic rings. The van der Waals surface area contributed by atoms with Gasteiger partial charge in [-0.1, -0.05) is 39.0 Å². The van der Waals surface area contributed by atoms with Gasteiger partial charge in [0, 0.05) is 19.6 Å². The monoisotopic (exact) mass is 251 g/mol. The number of methoxy groups -OCH3 is 1. The van der Waals surface area contributed by atoms with E-state index in [2.05, 4.69) is 58.0 Å². The Morgan fingerprint density at radius 1 is 1.33 bits per heavy atom. The van der Waals surface area contributed by atoms with Crippen LogP contribution in [0.1, 0.15) is 33.6 Å². The molecule has 2 atom stereocenters. The van der Waals surface area contributed by atoms with E-state index in [1.54, 1.807) is 7.11 Å². The second kappa shape index (κ2) is 6.53. The standard InChI is InChI=1S/C16H29NO/c1-13-7-8-14(11-15(13)18-6)9-10-16(2,3)12-17(4)5/h7-8,11,13,15H,9-10,12H2,1-6H3. The third-order valence-corrected chi connectivity index (χ3v) is 3.62. The summed E-state index contributed by atoms with van der Waals surface area (Å²) in [5.41, 5.74) is 1.79. The summed E-state index contributed by atoms with van der Waals surface area (Å²) in [6.45, 7) is 8.02. The fourth-order valence-electron chi connectivity index (χ4n) is 2.67. The first kappa shape index (κ1) is 15.5. The molecule has 1 aliphatic carbocycles. The average Bonchev–Trinajstić information content (AvgIpc) is 2.26. The Bertz CT molecular complexity index is 315. The van der Waals surface area contributed by atoms with E-state index in [9.17, 15) is 0 Å². The largest absolute Gasteiger partial charge is 0.377 e. The van der Waals surface area contributed by atoms with Gasteiger partial charge in [0.15, 0.2) is 0 Å². The van der Waals surface area contributed by atoms with Crippen molar-refractivity contribution in [2.24, 2.45) is 11.3 Å². The highest BCUT2D eigenvalue weighted by atomic mass is 16.5. The first-order chi connectivity index (χ1) is 8.34. The molecule has 1 aliphatic rings. The molecule has 0 amide bonds. The van der Waals surface area contributed by atoms with Crippen LogP contribution in [0.5, 0.6) is 0 Å². The average molecular weight is 251 g/mol. The van der Waals surface area contributed by atoms with E-state index < -0.39 is 0 Å². The Morgan fingerprint density at radius 2 is 2.00 bits per heavy atom. The highest BCUT2D eigenvalue weighted by Gasteiger charge is 2.21. The summed E-state index contributed by atoms with van der Waals surface area (Å²) in [7, 11) is 6.08. The topological polar surface area (TPSA) is 12.5 Å². The van der Waals surface area contributed by atoms with Gasteiger partial charge in [0.1, 0.15) is 0 Å². The lowest BCUT2D eigenvalue weighted by molar-refractivity contribution is 0.110. The zero-order valence-electron chi connectivity index (χ0n) is 12.9. The van der Waals surface area contributed by atoms with Crippen LogP contribution in [0.15, 0.2) is 23.8 Å². The van der Waals surface area contributed by atoms with Crippen molar-refractivity contribution in [3.63, 3.8) is 0 Å². The summed E-state index contributed by atoms with van der Waals surface area (Å²) >= 11 is 0. The van der Waals surface area contributed by atoms with Crippen molar-refractivity contribution in [1.82, 2.24) is 4.90 Å². The highest BCUT2D eigenvalue weighted by Crippen LogP contribution is 2.28. The van der Waals surface area contributed by atoms with Gasteiger partial charge in [-0.05, 0) is 37.9 Å². The molecule has 0 radical (unpaired) electrons. The van der Waals surface area contributed by atoms with Crippen LogP contribution in [0.2, 0.25) is 0 Å².